The largest absolute Gasteiger partial charge is 0.496 e. The summed E-state index contributed by atoms with van der Waals surface area (Å²) in [6, 6.07) is 20.2. The van der Waals surface area contributed by atoms with Gasteiger partial charge in [0.2, 0.25) is 0 Å². The van der Waals surface area contributed by atoms with Crippen molar-refractivity contribution in [1.29, 1.82) is 0 Å². The third-order valence-corrected chi connectivity index (χ3v) is 4.15. The third kappa shape index (κ3) is 2.80. The summed E-state index contributed by atoms with van der Waals surface area (Å²) in [6.07, 6.45) is 0. The molecular formula is C18H16BrNO. The first-order valence-electron chi connectivity index (χ1n) is 6.77. The molecule has 0 saturated heterocycles. The molecule has 2 nitrogen and oxygen atoms in total. The Bertz CT molecular complexity index is 785. The monoisotopic (exact) mass is 341 g/mol. The summed E-state index contributed by atoms with van der Waals surface area (Å²) >= 11 is 3.49. The highest BCUT2D eigenvalue weighted by Crippen LogP contribution is 2.30. The Morgan fingerprint density at radius 3 is 2.48 bits per heavy atom. The first-order valence-corrected chi connectivity index (χ1v) is 7.56. The number of fused-ring (bicyclic) bond motifs is 1. The van der Waals surface area contributed by atoms with E-state index < -0.39 is 0 Å². The highest BCUT2D eigenvalue weighted by molar-refractivity contribution is 9.10. The van der Waals surface area contributed by atoms with Gasteiger partial charge in [-0.2, -0.15) is 0 Å². The van der Waals surface area contributed by atoms with Crippen LogP contribution in [0.4, 0.5) is 0 Å². The number of hydrogen-bond acceptors (Lipinski definition) is 2. The molecule has 0 radical (unpaired) electrons. The van der Waals surface area contributed by atoms with Crippen molar-refractivity contribution in [3.8, 4) is 5.75 Å². The Balaban J connectivity index is 2.05. The fourth-order valence-electron chi connectivity index (χ4n) is 2.53. The standard InChI is InChI=1S/C18H16BrNO/c1-21-17-5-3-2-4-16(17)18(20)14-7-6-13-11-15(19)9-8-12(13)10-14/h2-11,18H,20H2,1H3. The second-order valence-corrected chi connectivity index (χ2v) is 5.89. The van der Waals surface area contributed by atoms with Crippen molar-refractivity contribution in [1.82, 2.24) is 0 Å². The number of halogens is 1. The summed E-state index contributed by atoms with van der Waals surface area (Å²) < 4.78 is 6.49. The van der Waals surface area contributed by atoms with Gasteiger partial charge < -0.3 is 10.5 Å². The van der Waals surface area contributed by atoms with Crippen LogP contribution in [-0.2, 0) is 0 Å². The van der Waals surface area contributed by atoms with Crippen molar-refractivity contribution in [2.45, 2.75) is 6.04 Å². The zero-order chi connectivity index (χ0) is 14.8. The molecule has 0 spiro atoms. The Hall–Kier alpha value is -1.84. The number of rotatable bonds is 3. The van der Waals surface area contributed by atoms with Gasteiger partial charge in [-0.3, -0.25) is 0 Å². The van der Waals surface area contributed by atoms with Gasteiger partial charge in [-0.1, -0.05) is 52.3 Å². The molecule has 1 unspecified atom stereocenters. The lowest BCUT2D eigenvalue weighted by Gasteiger charge is -2.16. The summed E-state index contributed by atoms with van der Waals surface area (Å²) in [4.78, 5) is 0. The number of benzene rings is 3. The zero-order valence-corrected chi connectivity index (χ0v) is 13.3. The average molecular weight is 342 g/mol. The molecule has 0 fully saturated rings. The molecule has 0 aromatic heterocycles. The summed E-state index contributed by atoms with van der Waals surface area (Å²) in [5.74, 6) is 0.820. The van der Waals surface area contributed by atoms with Gasteiger partial charge in [-0.15, -0.1) is 0 Å². The maximum atomic E-state index is 6.42. The second kappa shape index (κ2) is 5.88. The van der Waals surface area contributed by atoms with Crippen LogP contribution < -0.4 is 10.5 Å². The molecule has 0 saturated carbocycles. The predicted molar refractivity (Wildman–Crippen MR) is 90.7 cm³/mol. The lowest BCUT2D eigenvalue weighted by molar-refractivity contribution is 0.408. The first kappa shape index (κ1) is 14.1. The van der Waals surface area contributed by atoms with Crippen molar-refractivity contribution >= 4 is 26.7 Å². The maximum Gasteiger partial charge on any atom is 0.123 e. The normalized spacial score (nSPS) is 12.3. The van der Waals surface area contributed by atoms with Crippen LogP contribution in [0, 0.1) is 0 Å². The van der Waals surface area contributed by atoms with Crippen molar-refractivity contribution < 1.29 is 4.74 Å². The van der Waals surface area contributed by atoms with E-state index in [-0.39, 0.29) is 6.04 Å². The topological polar surface area (TPSA) is 35.2 Å². The van der Waals surface area contributed by atoms with E-state index in [0.29, 0.717) is 0 Å². The Morgan fingerprint density at radius 2 is 1.67 bits per heavy atom. The van der Waals surface area contributed by atoms with Crippen molar-refractivity contribution in [2.75, 3.05) is 7.11 Å². The molecule has 1 atom stereocenters. The average Bonchev–Trinajstić information content (AvgIpc) is 2.53. The number of nitrogens with two attached hydrogens (primary N) is 1. The summed E-state index contributed by atoms with van der Waals surface area (Å²) in [5.41, 5.74) is 8.50. The highest BCUT2D eigenvalue weighted by Gasteiger charge is 2.13. The quantitative estimate of drug-likeness (QED) is 0.751. The van der Waals surface area contributed by atoms with Crippen LogP contribution in [0.25, 0.3) is 10.8 Å². The van der Waals surface area contributed by atoms with Crippen LogP contribution in [0.5, 0.6) is 5.75 Å². The van der Waals surface area contributed by atoms with E-state index in [2.05, 4.69) is 46.3 Å². The van der Waals surface area contributed by atoms with Gasteiger partial charge in [0, 0.05) is 10.0 Å². The smallest absolute Gasteiger partial charge is 0.123 e. The second-order valence-electron chi connectivity index (χ2n) is 4.97. The predicted octanol–water partition coefficient (Wildman–Crippen LogP) is 4.66. The minimum Gasteiger partial charge on any atom is -0.496 e. The Kier molecular flexibility index (Phi) is 3.95. The van der Waals surface area contributed by atoms with Gasteiger partial charge in [0.15, 0.2) is 0 Å². The molecule has 0 aliphatic heterocycles. The van der Waals surface area contributed by atoms with Crippen molar-refractivity contribution in [3.63, 3.8) is 0 Å². The summed E-state index contributed by atoms with van der Waals surface area (Å²) in [5, 5.41) is 2.38. The van der Waals surface area contributed by atoms with Crippen LogP contribution in [0.1, 0.15) is 17.2 Å². The summed E-state index contributed by atoms with van der Waals surface area (Å²) in [7, 11) is 1.67. The van der Waals surface area contributed by atoms with E-state index in [4.69, 9.17) is 10.5 Å². The molecule has 3 aromatic rings. The van der Waals surface area contributed by atoms with Gasteiger partial charge in [0.05, 0.1) is 13.2 Å². The Labute approximate surface area is 132 Å². The van der Waals surface area contributed by atoms with Crippen LogP contribution in [0.3, 0.4) is 0 Å². The molecular weight excluding hydrogens is 326 g/mol. The van der Waals surface area contributed by atoms with Gasteiger partial charge in [-0.25, -0.2) is 0 Å². The van der Waals surface area contributed by atoms with E-state index in [0.717, 1.165) is 21.3 Å². The highest BCUT2D eigenvalue weighted by atomic mass is 79.9. The molecule has 0 bridgehead atoms. The Morgan fingerprint density at radius 1 is 0.952 bits per heavy atom. The van der Waals surface area contributed by atoms with Crippen LogP contribution in [0.15, 0.2) is 65.1 Å². The van der Waals surface area contributed by atoms with Gasteiger partial charge >= 0.3 is 0 Å². The van der Waals surface area contributed by atoms with E-state index in [1.165, 1.54) is 10.8 Å². The molecule has 3 rings (SSSR count). The molecule has 0 aliphatic rings. The van der Waals surface area contributed by atoms with E-state index in [1.54, 1.807) is 7.11 Å². The SMILES string of the molecule is COc1ccccc1C(N)c1ccc2cc(Br)ccc2c1. The molecule has 0 amide bonds. The number of hydrogen-bond donors (Lipinski definition) is 1. The third-order valence-electron chi connectivity index (χ3n) is 3.66. The molecule has 2 N–H and O–H groups in total. The zero-order valence-electron chi connectivity index (χ0n) is 11.7. The van der Waals surface area contributed by atoms with Crippen LogP contribution in [-0.4, -0.2) is 7.11 Å². The minimum absolute atomic E-state index is 0.200. The lowest BCUT2D eigenvalue weighted by atomic mass is 9.96. The molecule has 0 aliphatic carbocycles. The molecule has 3 aromatic carbocycles. The van der Waals surface area contributed by atoms with Crippen molar-refractivity contribution in [2.24, 2.45) is 5.73 Å². The number of methoxy groups -OCH3 is 1. The fourth-order valence-corrected chi connectivity index (χ4v) is 2.91. The van der Waals surface area contributed by atoms with E-state index in [9.17, 15) is 0 Å². The maximum absolute atomic E-state index is 6.42. The van der Waals surface area contributed by atoms with Crippen molar-refractivity contribution in [3.05, 3.63) is 76.3 Å². The van der Waals surface area contributed by atoms with E-state index in [1.807, 2.05) is 30.3 Å². The van der Waals surface area contributed by atoms with Gasteiger partial charge in [0.1, 0.15) is 5.75 Å². The van der Waals surface area contributed by atoms with E-state index >= 15 is 0 Å². The molecule has 106 valence electrons. The fraction of sp³-hybridized carbons (Fsp3) is 0.111. The van der Waals surface area contributed by atoms with Gasteiger partial charge in [-0.05, 0) is 40.6 Å². The lowest BCUT2D eigenvalue weighted by Crippen LogP contribution is -2.12. The number of para-hydroxylation sites is 1. The summed E-state index contributed by atoms with van der Waals surface area (Å²) in [6.45, 7) is 0. The minimum atomic E-state index is -0.200. The van der Waals surface area contributed by atoms with Crippen LogP contribution in [0.2, 0.25) is 0 Å². The van der Waals surface area contributed by atoms with Crippen LogP contribution >= 0.6 is 15.9 Å². The molecule has 21 heavy (non-hydrogen) atoms. The molecule has 0 heterocycles. The first-order chi connectivity index (χ1) is 10.2. The van der Waals surface area contributed by atoms with Gasteiger partial charge in [0.25, 0.3) is 0 Å². The molecule has 3 heteroatoms. The number of ether oxygens (including phenoxy) is 1.